The average molecular weight is 400 g/mol. The highest BCUT2D eigenvalue weighted by Crippen LogP contribution is 2.37. The Morgan fingerprint density at radius 3 is 2.33 bits per heavy atom. The molecule has 0 radical (unpaired) electrons. The van der Waals surface area contributed by atoms with Gasteiger partial charge in [-0.05, 0) is 38.8 Å². The van der Waals surface area contributed by atoms with Gasteiger partial charge in [0.1, 0.15) is 10.6 Å². The smallest absolute Gasteiger partial charge is 0.342 e. The van der Waals surface area contributed by atoms with Crippen LogP contribution in [0.5, 0.6) is 0 Å². The van der Waals surface area contributed by atoms with Crippen LogP contribution in [-0.2, 0) is 4.74 Å². The number of amides is 1. The second-order valence-electron chi connectivity index (χ2n) is 6.46. The molecule has 0 atom stereocenters. The van der Waals surface area contributed by atoms with Crippen LogP contribution in [0, 0.1) is 13.8 Å². The van der Waals surface area contributed by atoms with Crippen molar-refractivity contribution in [3.05, 3.63) is 62.7 Å². The number of carbonyl (C=O) groups excluding carboxylic acids is 2. The Hall–Kier alpha value is -2.44. The maximum atomic E-state index is 12.8. The summed E-state index contributed by atoms with van der Waals surface area (Å²) in [5.41, 5.74) is 3.67. The Bertz CT molecular complexity index is 971. The molecule has 0 unspecified atom stereocenters. The van der Waals surface area contributed by atoms with E-state index < -0.39 is 5.97 Å². The largest absolute Gasteiger partial charge is 0.459 e. The molecular formula is C21H21NO3S2. The lowest BCUT2D eigenvalue weighted by molar-refractivity contribution is 0.0380. The summed E-state index contributed by atoms with van der Waals surface area (Å²) in [7, 11) is 0. The molecule has 27 heavy (non-hydrogen) atoms. The first-order chi connectivity index (χ1) is 12.9. The molecule has 0 aliphatic carbocycles. The second kappa shape index (κ2) is 8.06. The van der Waals surface area contributed by atoms with Crippen LogP contribution < -0.4 is 5.32 Å². The van der Waals surface area contributed by atoms with E-state index >= 15 is 0 Å². The van der Waals surface area contributed by atoms with E-state index in [9.17, 15) is 9.59 Å². The van der Waals surface area contributed by atoms with Crippen molar-refractivity contribution in [1.29, 1.82) is 0 Å². The molecule has 1 N–H and O–H groups in total. The molecule has 140 valence electrons. The molecule has 0 aliphatic rings. The zero-order chi connectivity index (χ0) is 19.6. The monoisotopic (exact) mass is 399 g/mol. The number of thiophene rings is 2. The van der Waals surface area contributed by atoms with Crippen LogP contribution in [0.2, 0.25) is 0 Å². The molecule has 1 amide bonds. The number of rotatable bonds is 5. The SMILES string of the molecule is Cc1scc(C(=O)Nc2scc(-c3ccccc3)c2C(=O)OC(C)C)c1C. The first kappa shape index (κ1) is 19.3. The third-order valence-electron chi connectivity index (χ3n) is 4.18. The van der Waals surface area contributed by atoms with Gasteiger partial charge in [0.25, 0.3) is 5.91 Å². The van der Waals surface area contributed by atoms with Gasteiger partial charge in [-0.1, -0.05) is 30.3 Å². The summed E-state index contributed by atoms with van der Waals surface area (Å²) in [6.45, 7) is 7.53. The summed E-state index contributed by atoms with van der Waals surface area (Å²) in [5.74, 6) is -0.643. The summed E-state index contributed by atoms with van der Waals surface area (Å²) in [4.78, 5) is 26.6. The lowest BCUT2D eigenvalue weighted by Gasteiger charge is -2.11. The van der Waals surface area contributed by atoms with Gasteiger partial charge in [-0.15, -0.1) is 22.7 Å². The second-order valence-corrected chi connectivity index (χ2v) is 8.42. The highest BCUT2D eigenvalue weighted by molar-refractivity contribution is 7.15. The molecule has 0 bridgehead atoms. The molecule has 0 saturated heterocycles. The number of hydrogen-bond donors (Lipinski definition) is 1. The minimum atomic E-state index is -0.432. The van der Waals surface area contributed by atoms with E-state index in [0.29, 0.717) is 16.1 Å². The van der Waals surface area contributed by atoms with Gasteiger partial charge in [0.2, 0.25) is 0 Å². The fourth-order valence-electron chi connectivity index (χ4n) is 2.66. The van der Waals surface area contributed by atoms with Crippen molar-refractivity contribution < 1.29 is 14.3 Å². The van der Waals surface area contributed by atoms with Crippen molar-refractivity contribution in [2.45, 2.75) is 33.8 Å². The van der Waals surface area contributed by atoms with Crippen LogP contribution in [0.1, 0.15) is 45.0 Å². The predicted molar refractivity (Wildman–Crippen MR) is 112 cm³/mol. The minimum absolute atomic E-state index is 0.211. The van der Waals surface area contributed by atoms with Crippen LogP contribution in [-0.4, -0.2) is 18.0 Å². The van der Waals surface area contributed by atoms with E-state index in [2.05, 4.69) is 5.32 Å². The number of aryl methyl sites for hydroxylation is 1. The van der Waals surface area contributed by atoms with E-state index in [4.69, 9.17) is 4.74 Å². The Morgan fingerprint density at radius 1 is 1.04 bits per heavy atom. The van der Waals surface area contributed by atoms with Gasteiger partial charge in [-0.3, -0.25) is 4.79 Å². The van der Waals surface area contributed by atoms with Crippen LogP contribution >= 0.6 is 22.7 Å². The molecule has 0 spiro atoms. The molecule has 2 aromatic heterocycles. The van der Waals surface area contributed by atoms with E-state index in [1.807, 2.05) is 68.8 Å². The van der Waals surface area contributed by atoms with Crippen molar-refractivity contribution >= 4 is 39.6 Å². The van der Waals surface area contributed by atoms with Gasteiger partial charge in [-0.2, -0.15) is 0 Å². The molecule has 4 nitrogen and oxygen atoms in total. The molecule has 3 aromatic rings. The van der Waals surface area contributed by atoms with Crippen LogP contribution in [0.25, 0.3) is 11.1 Å². The third-order valence-corrected chi connectivity index (χ3v) is 6.09. The number of esters is 1. The fraction of sp³-hybridized carbons (Fsp3) is 0.238. The van der Waals surface area contributed by atoms with Crippen LogP contribution in [0.3, 0.4) is 0 Å². The molecule has 0 aliphatic heterocycles. The van der Waals surface area contributed by atoms with Crippen molar-refractivity contribution in [3.63, 3.8) is 0 Å². The molecule has 0 fully saturated rings. The number of benzene rings is 1. The van der Waals surface area contributed by atoms with Gasteiger partial charge >= 0.3 is 5.97 Å². The standard InChI is InChI=1S/C21H21NO3S2/c1-12(2)25-21(24)18-17(15-8-6-5-7-9-15)11-27-20(18)22-19(23)16-10-26-14(4)13(16)3/h5-12H,1-4H3,(H,22,23). The Balaban J connectivity index is 2.00. The summed E-state index contributed by atoms with van der Waals surface area (Å²) in [6, 6.07) is 9.63. The topological polar surface area (TPSA) is 55.4 Å². The van der Waals surface area contributed by atoms with Gasteiger partial charge in [0, 0.05) is 21.2 Å². The fourth-order valence-corrected chi connectivity index (χ4v) is 4.48. The maximum Gasteiger partial charge on any atom is 0.342 e. The number of ether oxygens (including phenoxy) is 1. The van der Waals surface area contributed by atoms with Crippen LogP contribution in [0.15, 0.2) is 41.1 Å². The van der Waals surface area contributed by atoms with Crippen molar-refractivity contribution in [3.8, 4) is 11.1 Å². The van der Waals surface area contributed by atoms with E-state index in [1.54, 1.807) is 11.3 Å². The molecule has 0 saturated carbocycles. The third kappa shape index (κ3) is 4.12. The van der Waals surface area contributed by atoms with E-state index in [0.717, 1.165) is 21.6 Å². The Morgan fingerprint density at radius 2 is 1.74 bits per heavy atom. The van der Waals surface area contributed by atoms with Gasteiger partial charge in [0.15, 0.2) is 0 Å². The van der Waals surface area contributed by atoms with Gasteiger partial charge in [0.05, 0.1) is 11.7 Å². The maximum absolute atomic E-state index is 12.8. The van der Waals surface area contributed by atoms with Gasteiger partial charge < -0.3 is 10.1 Å². The number of nitrogens with one attached hydrogen (secondary N) is 1. The molecule has 6 heteroatoms. The Kier molecular flexibility index (Phi) is 5.77. The first-order valence-electron chi connectivity index (χ1n) is 8.62. The highest BCUT2D eigenvalue weighted by atomic mass is 32.1. The first-order valence-corrected chi connectivity index (χ1v) is 10.4. The lowest BCUT2D eigenvalue weighted by atomic mass is 10.0. The van der Waals surface area contributed by atoms with Gasteiger partial charge in [-0.25, -0.2) is 4.79 Å². The summed E-state index contributed by atoms with van der Waals surface area (Å²) >= 11 is 2.87. The van der Waals surface area contributed by atoms with Crippen molar-refractivity contribution in [2.75, 3.05) is 5.32 Å². The summed E-state index contributed by atoms with van der Waals surface area (Å²) < 4.78 is 5.43. The predicted octanol–water partition coefficient (Wildman–Crippen LogP) is 5.91. The zero-order valence-electron chi connectivity index (χ0n) is 15.7. The molecule has 3 rings (SSSR count). The van der Waals surface area contributed by atoms with E-state index in [1.165, 1.54) is 11.3 Å². The summed E-state index contributed by atoms with van der Waals surface area (Å²) in [5, 5.41) is 7.15. The summed E-state index contributed by atoms with van der Waals surface area (Å²) in [6.07, 6.45) is -0.244. The number of hydrogen-bond acceptors (Lipinski definition) is 5. The average Bonchev–Trinajstić information content (AvgIpc) is 3.19. The lowest BCUT2D eigenvalue weighted by Crippen LogP contribution is -2.17. The Labute approximate surface area is 166 Å². The van der Waals surface area contributed by atoms with Crippen molar-refractivity contribution in [2.24, 2.45) is 0 Å². The number of carbonyl (C=O) groups is 2. The highest BCUT2D eigenvalue weighted by Gasteiger charge is 2.24. The molecule has 2 heterocycles. The van der Waals surface area contributed by atoms with Crippen LogP contribution in [0.4, 0.5) is 5.00 Å². The minimum Gasteiger partial charge on any atom is -0.459 e. The van der Waals surface area contributed by atoms with E-state index in [-0.39, 0.29) is 12.0 Å². The van der Waals surface area contributed by atoms with Crippen molar-refractivity contribution in [1.82, 2.24) is 0 Å². The number of anilines is 1. The molecular weight excluding hydrogens is 378 g/mol. The molecule has 1 aromatic carbocycles. The normalized spacial score (nSPS) is 10.9. The zero-order valence-corrected chi connectivity index (χ0v) is 17.3. The quantitative estimate of drug-likeness (QED) is 0.543.